The van der Waals surface area contributed by atoms with Crippen LogP contribution in [0.4, 0.5) is 10.1 Å². The molecule has 5 rings (SSSR count). The van der Waals surface area contributed by atoms with Gasteiger partial charge >= 0.3 is 0 Å². The number of rotatable bonds is 3. The fraction of sp³-hybridized carbons (Fsp3) is 0.407. The maximum absolute atomic E-state index is 16.2. The molecule has 2 unspecified atom stereocenters. The van der Waals surface area contributed by atoms with Gasteiger partial charge in [0.25, 0.3) is 0 Å². The number of anilines is 1. The van der Waals surface area contributed by atoms with E-state index in [0.717, 1.165) is 13.1 Å². The Labute approximate surface area is 203 Å². The molecule has 0 saturated carbocycles. The first-order valence-corrected chi connectivity index (χ1v) is 11.9. The summed E-state index contributed by atoms with van der Waals surface area (Å²) >= 11 is 0. The minimum atomic E-state index is -0.636. The molecule has 2 aromatic carbocycles. The summed E-state index contributed by atoms with van der Waals surface area (Å²) in [5, 5.41) is 10.4. The van der Waals surface area contributed by atoms with Crippen molar-refractivity contribution in [3.05, 3.63) is 45.9 Å². The fourth-order valence-electron chi connectivity index (χ4n) is 5.49. The zero-order valence-electron chi connectivity index (χ0n) is 20.9. The smallest absolute Gasteiger partial charge is 0.202 e. The van der Waals surface area contributed by atoms with Crippen molar-refractivity contribution in [1.29, 1.82) is 5.26 Å². The number of hydrogen-bond acceptors (Lipinski definition) is 5. The van der Waals surface area contributed by atoms with Crippen molar-refractivity contribution in [2.75, 3.05) is 32.1 Å². The molecule has 0 bridgehead atoms. The molecule has 1 aliphatic heterocycles. The Morgan fingerprint density at radius 3 is 2.46 bits per heavy atom. The molecule has 0 amide bonds. The van der Waals surface area contributed by atoms with Crippen LogP contribution in [-0.4, -0.2) is 53.8 Å². The molecule has 2 aromatic heterocycles. The number of aromatic amines is 1. The third-order valence-electron chi connectivity index (χ3n) is 7.46. The van der Waals surface area contributed by atoms with E-state index in [4.69, 9.17) is 4.74 Å². The summed E-state index contributed by atoms with van der Waals surface area (Å²) in [7, 11) is 3.55. The number of pyridine rings is 1. The van der Waals surface area contributed by atoms with E-state index in [9.17, 15) is 10.1 Å². The Morgan fingerprint density at radius 2 is 1.86 bits per heavy atom. The monoisotopic (exact) mass is 475 g/mol. The summed E-state index contributed by atoms with van der Waals surface area (Å²) in [6.07, 6.45) is 0. The topological polar surface area (TPSA) is 77.3 Å². The van der Waals surface area contributed by atoms with Gasteiger partial charge in [0.05, 0.1) is 40.7 Å². The van der Waals surface area contributed by atoms with E-state index in [-0.39, 0.29) is 34.7 Å². The maximum Gasteiger partial charge on any atom is 0.202 e. The van der Waals surface area contributed by atoms with Crippen molar-refractivity contribution in [1.82, 2.24) is 14.5 Å². The number of methoxy groups -OCH3 is 1. The van der Waals surface area contributed by atoms with Gasteiger partial charge in [0.2, 0.25) is 5.43 Å². The van der Waals surface area contributed by atoms with Gasteiger partial charge < -0.3 is 19.2 Å². The zero-order chi connectivity index (χ0) is 25.2. The molecule has 0 spiro atoms. The molecular formula is C27H30FN5O2. The average Bonchev–Trinajstić information content (AvgIpc) is 3.20. The van der Waals surface area contributed by atoms with Crippen molar-refractivity contribution in [2.24, 2.45) is 0 Å². The van der Waals surface area contributed by atoms with Gasteiger partial charge in [-0.25, -0.2) is 4.39 Å². The van der Waals surface area contributed by atoms with Gasteiger partial charge in [-0.3, -0.25) is 9.69 Å². The van der Waals surface area contributed by atoms with Crippen LogP contribution in [0.1, 0.15) is 39.3 Å². The minimum absolute atomic E-state index is 0.0206. The highest BCUT2D eigenvalue weighted by molar-refractivity contribution is 6.10. The van der Waals surface area contributed by atoms with Crippen LogP contribution >= 0.6 is 0 Å². The van der Waals surface area contributed by atoms with Crippen molar-refractivity contribution >= 4 is 38.5 Å². The summed E-state index contributed by atoms with van der Waals surface area (Å²) < 4.78 is 23.7. The van der Waals surface area contributed by atoms with Gasteiger partial charge in [-0.15, -0.1) is 0 Å². The van der Waals surface area contributed by atoms with E-state index in [1.165, 1.54) is 7.11 Å². The lowest BCUT2D eigenvalue weighted by molar-refractivity contribution is 0.169. The van der Waals surface area contributed by atoms with Crippen LogP contribution in [0.2, 0.25) is 0 Å². The molecule has 1 N–H and O–H groups in total. The predicted octanol–water partition coefficient (Wildman–Crippen LogP) is 4.77. The minimum Gasteiger partial charge on any atom is -0.492 e. The molecule has 1 aliphatic rings. The van der Waals surface area contributed by atoms with Gasteiger partial charge in [-0.05, 0) is 52.9 Å². The molecule has 7 nitrogen and oxygen atoms in total. The SMILES string of the molecule is COc1c(N2CC(C)N(C)C(C)C2)cc2c(c1F)c(=O)c1c3ccc(C#N)cc3[nH]c1n2C(C)C. The zero-order valence-corrected chi connectivity index (χ0v) is 20.9. The lowest BCUT2D eigenvalue weighted by Gasteiger charge is -2.43. The number of nitriles is 1. The highest BCUT2D eigenvalue weighted by Gasteiger charge is 2.31. The molecule has 182 valence electrons. The molecular weight excluding hydrogens is 445 g/mol. The highest BCUT2D eigenvalue weighted by atomic mass is 19.1. The van der Waals surface area contributed by atoms with Gasteiger partial charge in [-0.1, -0.05) is 6.07 Å². The van der Waals surface area contributed by atoms with Gasteiger partial charge in [0.15, 0.2) is 11.6 Å². The van der Waals surface area contributed by atoms with Crippen molar-refractivity contribution in [3.8, 4) is 11.8 Å². The lowest BCUT2D eigenvalue weighted by Crippen LogP contribution is -2.55. The standard InChI is InChI=1S/C27H30FN5O2/c1-14(2)33-20-10-21(32-12-15(3)31(5)16(4)13-32)26(35-6)24(28)23(20)25(34)22-18-8-7-17(11-29)9-19(18)30-27(22)33/h7-10,14-16,30H,12-13H2,1-6H3. The molecule has 2 atom stereocenters. The van der Waals surface area contributed by atoms with Crippen LogP contribution in [0.25, 0.3) is 32.8 Å². The van der Waals surface area contributed by atoms with E-state index in [2.05, 4.69) is 41.7 Å². The molecule has 35 heavy (non-hydrogen) atoms. The summed E-state index contributed by atoms with van der Waals surface area (Å²) in [5.74, 6) is -0.539. The summed E-state index contributed by atoms with van der Waals surface area (Å²) in [4.78, 5) is 21.6. The Kier molecular flexibility index (Phi) is 5.48. The van der Waals surface area contributed by atoms with E-state index < -0.39 is 5.82 Å². The number of likely N-dealkylation sites (N-methyl/N-ethyl adjacent to an activating group) is 1. The second-order valence-corrected chi connectivity index (χ2v) is 9.92. The molecule has 0 aliphatic carbocycles. The fourth-order valence-corrected chi connectivity index (χ4v) is 5.49. The first kappa shape index (κ1) is 23.2. The number of halogens is 1. The van der Waals surface area contributed by atoms with Crippen LogP contribution in [0.3, 0.4) is 0 Å². The number of nitrogens with zero attached hydrogens (tertiary/aromatic N) is 4. The van der Waals surface area contributed by atoms with Crippen LogP contribution in [0.5, 0.6) is 5.75 Å². The molecule has 4 aromatic rings. The number of H-pyrrole nitrogens is 1. The summed E-state index contributed by atoms with van der Waals surface area (Å²) in [6, 6.07) is 9.68. The lowest BCUT2D eigenvalue weighted by atomic mass is 10.0. The van der Waals surface area contributed by atoms with E-state index >= 15 is 4.39 Å². The summed E-state index contributed by atoms with van der Waals surface area (Å²) in [6.45, 7) is 9.77. The van der Waals surface area contributed by atoms with Gasteiger partial charge in [-0.2, -0.15) is 5.26 Å². The molecule has 1 saturated heterocycles. The van der Waals surface area contributed by atoms with E-state index in [0.29, 0.717) is 38.7 Å². The number of nitrogens with one attached hydrogen (secondary N) is 1. The number of hydrogen-bond donors (Lipinski definition) is 1. The highest BCUT2D eigenvalue weighted by Crippen LogP contribution is 2.40. The second kappa shape index (κ2) is 8.28. The van der Waals surface area contributed by atoms with Crippen LogP contribution in [0, 0.1) is 17.1 Å². The van der Waals surface area contributed by atoms with E-state index in [1.807, 2.05) is 24.5 Å². The predicted molar refractivity (Wildman–Crippen MR) is 138 cm³/mol. The number of aromatic nitrogens is 2. The molecule has 3 heterocycles. The first-order valence-electron chi connectivity index (χ1n) is 11.9. The Morgan fingerprint density at radius 1 is 1.17 bits per heavy atom. The Hall–Kier alpha value is -3.57. The van der Waals surface area contributed by atoms with Gasteiger partial charge in [0, 0.05) is 42.1 Å². The molecule has 8 heteroatoms. The quantitative estimate of drug-likeness (QED) is 0.462. The Bertz CT molecular complexity index is 1570. The number of benzene rings is 2. The number of fused-ring (bicyclic) bond motifs is 4. The average molecular weight is 476 g/mol. The maximum atomic E-state index is 16.2. The van der Waals surface area contributed by atoms with Crippen molar-refractivity contribution in [3.63, 3.8) is 0 Å². The third-order valence-corrected chi connectivity index (χ3v) is 7.46. The van der Waals surface area contributed by atoms with Crippen LogP contribution in [-0.2, 0) is 0 Å². The largest absolute Gasteiger partial charge is 0.492 e. The van der Waals surface area contributed by atoms with Crippen molar-refractivity contribution < 1.29 is 9.13 Å². The van der Waals surface area contributed by atoms with Gasteiger partial charge in [0.1, 0.15) is 5.65 Å². The third kappa shape index (κ3) is 3.37. The van der Waals surface area contributed by atoms with Crippen molar-refractivity contribution in [2.45, 2.75) is 45.8 Å². The normalized spacial score (nSPS) is 19.2. The number of ether oxygens (including phenoxy) is 1. The van der Waals surface area contributed by atoms with Crippen LogP contribution < -0.4 is 15.1 Å². The molecule has 1 fully saturated rings. The van der Waals surface area contributed by atoms with E-state index in [1.54, 1.807) is 18.2 Å². The van der Waals surface area contributed by atoms with Crippen LogP contribution in [0.15, 0.2) is 29.1 Å². The summed E-state index contributed by atoms with van der Waals surface area (Å²) in [5.41, 5.74) is 2.58. The number of piperazine rings is 1. The first-order chi connectivity index (χ1) is 16.7. The second-order valence-electron chi connectivity index (χ2n) is 9.92. The molecule has 0 radical (unpaired) electrons. The Balaban J connectivity index is 1.89.